The molecule has 0 saturated carbocycles. The zero-order valence-corrected chi connectivity index (χ0v) is 15.9. The van der Waals surface area contributed by atoms with Crippen molar-refractivity contribution in [3.63, 3.8) is 0 Å². The summed E-state index contributed by atoms with van der Waals surface area (Å²) in [6, 6.07) is 14.9. The van der Waals surface area contributed by atoms with Crippen molar-refractivity contribution in [2.24, 2.45) is 11.7 Å². The number of anilines is 1. The van der Waals surface area contributed by atoms with Crippen LogP contribution in [0.4, 0.5) is 5.69 Å². The van der Waals surface area contributed by atoms with Crippen LogP contribution in [0.2, 0.25) is 0 Å². The van der Waals surface area contributed by atoms with Gasteiger partial charge in [-0.1, -0.05) is 30.3 Å². The summed E-state index contributed by atoms with van der Waals surface area (Å²) in [5, 5.41) is 0. The highest BCUT2D eigenvalue weighted by Gasteiger charge is 2.38. The Hall–Kier alpha value is -2.66. The van der Waals surface area contributed by atoms with Crippen molar-refractivity contribution in [3.05, 3.63) is 53.6 Å². The fourth-order valence-electron chi connectivity index (χ4n) is 4.80. The van der Waals surface area contributed by atoms with E-state index >= 15 is 0 Å². The van der Waals surface area contributed by atoms with Gasteiger partial charge >= 0.3 is 0 Å². The van der Waals surface area contributed by atoms with E-state index < -0.39 is 0 Å². The van der Waals surface area contributed by atoms with Gasteiger partial charge in [-0.25, -0.2) is 0 Å². The molecule has 0 spiro atoms. The number of rotatable bonds is 2. The zero-order chi connectivity index (χ0) is 19.3. The summed E-state index contributed by atoms with van der Waals surface area (Å²) >= 11 is 0. The van der Waals surface area contributed by atoms with Crippen LogP contribution in [0.1, 0.15) is 30.4 Å². The smallest absolute Gasteiger partial charge is 0.228 e. The number of hydrogen-bond donors (Lipinski definition) is 1. The number of nitrogens with two attached hydrogens (primary N) is 1. The van der Waals surface area contributed by atoms with Crippen LogP contribution in [0, 0.1) is 5.92 Å². The third-order valence-corrected chi connectivity index (χ3v) is 6.41. The second kappa shape index (κ2) is 6.74. The minimum atomic E-state index is -0.243. The minimum Gasteiger partial charge on any atom is -0.342 e. The molecule has 2 aliphatic heterocycles. The van der Waals surface area contributed by atoms with Gasteiger partial charge in [-0.2, -0.15) is 0 Å². The SMILES string of the molecule is NC1CCN(C(=O)C2CC(=O)N(c3ccc4c(c3)Cc3ccccc3-4)C2)CC1. The maximum Gasteiger partial charge on any atom is 0.228 e. The summed E-state index contributed by atoms with van der Waals surface area (Å²) < 4.78 is 0. The quantitative estimate of drug-likeness (QED) is 0.749. The van der Waals surface area contributed by atoms with Crippen molar-refractivity contribution in [1.82, 2.24) is 4.90 Å². The number of fused-ring (bicyclic) bond motifs is 3. The van der Waals surface area contributed by atoms with E-state index in [0.717, 1.165) is 24.9 Å². The maximum atomic E-state index is 12.9. The molecule has 2 fully saturated rings. The van der Waals surface area contributed by atoms with Crippen LogP contribution in [-0.2, 0) is 16.0 Å². The summed E-state index contributed by atoms with van der Waals surface area (Å²) in [6.45, 7) is 1.90. The van der Waals surface area contributed by atoms with E-state index in [9.17, 15) is 9.59 Å². The Balaban J connectivity index is 1.33. The predicted octanol–water partition coefficient (Wildman–Crippen LogP) is 2.56. The average molecular weight is 375 g/mol. The molecule has 144 valence electrons. The summed E-state index contributed by atoms with van der Waals surface area (Å²) in [7, 11) is 0. The molecule has 5 heteroatoms. The van der Waals surface area contributed by atoms with Crippen molar-refractivity contribution in [2.75, 3.05) is 24.5 Å². The first-order valence-electron chi connectivity index (χ1n) is 10.2. The fraction of sp³-hybridized carbons (Fsp3) is 0.391. The van der Waals surface area contributed by atoms with E-state index in [1.165, 1.54) is 22.3 Å². The Bertz CT molecular complexity index is 947. The van der Waals surface area contributed by atoms with Crippen LogP contribution >= 0.6 is 0 Å². The highest BCUT2D eigenvalue weighted by atomic mass is 16.2. The molecular weight excluding hydrogens is 350 g/mol. The molecule has 0 radical (unpaired) electrons. The highest BCUT2D eigenvalue weighted by Crippen LogP contribution is 2.39. The Morgan fingerprint density at radius 2 is 1.75 bits per heavy atom. The standard InChI is InChI=1S/C23H25N3O2/c24-18-7-9-25(10-8-18)23(28)17-13-22(27)26(14-17)19-5-6-21-16(12-19)11-15-3-1-2-4-20(15)21/h1-6,12,17-18H,7-11,13-14,24H2. The summed E-state index contributed by atoms with van der Waals surface area (Å²) in [5.41, 5.74) is 12.0. The van der Waals surface area contributed by atoms with E-state index in [4.69, 9.17) is 5.73 Å². The van der Waals surface area contributed by atoms with Gasteiger partial charge in [-0.15, -0.1) is 0 Å². The molecule has 5 nitrogen and oxygen atoms in total. The molecule has 0 aromatic heterocycles. The lowest BCUT2D eigenvalue weighted by molar-refractivity contribution is -0.136. The van der Waals surface area contributed by atoms with Crippen molar-refractivity contribution >= 4 is 17.5 Å². The van der Waals surface area contributed by atoms with E-state index in [1.54, 1.807) is 4.90 Å². The molecule has 1 aliphatic carbocycles. The van der Waals surface area contributed by atoms with Crippen LogP contribution in [0.15, 0.2) is 42.5 Å². The summed E-state index contributed by atoms with van der Waals surface area (Å²) in [6.07, 6.45) is 2.90. The topological polar surface area (TPSA) is 66.6 Å². The molecular formula is C23H25N3O2. The maximum absolute atomic E-state index is 12.9. The molecule has 1 unspecified atom stereocenters. The van der Waals surface area contributed by atoms with E-state index in [0.29, 0.717) is 26.1 Å². The van der Waals surface area contributed by atoms with Gasteiger partial charge < -0.3 is 15.5 Å². The first-order valence-corrected chi connectivity index (χ1v) is 10.2. The Morgan fingerprint density at radius 3 is 2.57 bits per heavy atom. The third kappa shape index (κ3) is 2.90. The number of amides is 2. The Morgan fingerprint density at radius 1 is 1.00 bits per heavy atom. The second-order valence-electron chi connectivity index (χ2n) is 8.24. The van der Waals surface area contributed by atoms with Gasteiger partial charge in [0.2, 0.25) is 11.8 Å². The number of carbonyl (C=O) groups is 2. The largest absolute Gasteiger partial charge is 0.342 e. The number of nitrogens with zero attached hydrogens (tertiary/aromatic N) is 2. The first kappa shape index (κ1) is 17.4. The van der Waals surface area contributed by atoms with Gasteiger partial charge in [0.05, 0.1) is 5.92 Å². The molecule has 2 aromatic rings. The van der Waals surface area contributed by atoms with Crippen LogP contribution in [0.5, 0.6) is 0 Å². The number of hydrogen-bond acceptors (Lipinski definition) is 3. The molecule has 2 aromatic carbocycles. The van der Waals surface area contributed by atoms with Crippen molar-refractivity contribution < 1.29 is 9.59 Å². The van der Waals surface area contributed by atoms with Crippen molar-refractivity contribution in [3.8, 4) is 11.1 Å². The Labute approximate surface area is 165 Å². The van der Waals surface area contributed by atoms with E-state index in [2.05, 4.69) is 36.4 Å². The summed E-state index contributed by atoms with van der Waals surface area (Å²) in [4.78, 5) is 29.2. The second-order valence-corrected chi connectivity index (χ2v) is 8.24. The molecule has 28 heavy (non-hydrogen) atoms. The van der Waals surface area contributed by atoms with E-state index in [-0.39, 0.29) is 23.8 Å². The zero-order valence-electron chi connectivity index (χ0n) is 15.9. The normalized spacial score (nSPS) is 21.8. The van der Waals surface area contributed by atoms with Crippen molar-refractivity contribution in [2.45, 2.75) is 31.7 Å². The molecule has 5 rings (SSSR count). The number of likely N-dealkylation sites (tertiary alicyclic amines) is 1. The lowest BCUT2D eigenvalue weighted by Gasteiger charge is -2.31. The highest BCUT2D eigenvalue weighted by molar-refractivity contribution is 6.00. The van der Waals surface area contributed by atoms with Crippen LogP contribution in [0.25, 0.3) is 11.1 Å². The average Bonchev–Trinajstić information content (AvgIpc) is 3.28. The fourth-order valence-corrected chi connectivity index (χ4v) is 4.80. The van der Waals surface area contributed by atoms with E-state index in [1.807, 2.05) is 11.0 Å². The summed E-state index contributed by atoms with van der Waals surface area (Å²) in [5.74, 6) is -0.0916. The van der Waals surface area contributed by atoms with Gasteiger partial charge in [-0.3, -0.25) is 9.59 Å². The van der Waals surface area contributed by atoms with Gasteiger partial charge in [0.1, 0.15) is 0 Å². The number of piperidine rings is 1. The molecule has 2 heterocycles. The molecule has 2 saturated heterocycles. The Kier molecular flexibility index (Phi) is 4.20. The number of benzene rings is 2. The van der Waals surface area contributed by atoms with Gasteiger partial charge in [-0.05, 0) is 53.6 Å². The minimum absolute atomic E-state index is 0.0440. The molecule has 3 aliphatic rings. The molecule has 1 atom stereocenters. The van der Waals surface area contributed by atoms with Crippen molar-refractivity contribution in [1.29, 1.82) is 0 Å². The van der Waals surface area contributed by atoms with Gasteiger partial charge in [0.15, 0.2) is 0 Å². The number of carbonyl (C=O) groups excluding carboxylic acids is 2. The monoisotopic (exact) mass is 375 g/mol. The van der Waals surface area contributed by atoms with Gasteiger partial charge in [0, 0.05) is 37.8 Å². The lowest BCUT2D eigenvalue weighted by Crippen LogP contribution is -2.45. The van der Waals surface area contributed by atoms with Crippen LogP contribution in [-0.4, -0.2) is 42.4 Å². The van der Waals surface area contributed by atoms with Gasteiger partial charge in [0.25, 0.3) is 0 Å². The lowest BCUT2D eigenvalue weighted by atomic mass is 10.0. The van der Waals surface area contributed by atoms with Crippen LogP contribution < -0.4 is 10.6 Å². The first-order chi connectivity index (χ1) is 13.6. The third-order valence-electron chi connectivity index (χ3n) is 6.41. The van der Waals surface area contributed by atoms with Crippen LogP contribution in [0.3, 0.4) is 0 Å². The molecule has 2 amide bonds. The molecule has 0 bridgehead atoms. The molecule has 2 N–H and O–H groups in total. The predicted molar refractivity (Wildman–Crippen MR) is 109 cm³/mol.